The third-order valence-corrected chi connectivity index (χ3v) is 3.29. The molecular formula is C15H20N2O2. The summed E-state index contributed by atoms with van der Waals surface area (Å²) in [6, 6.07) is 7.49. The average Bonchev–Trinajstić information content (AvgIpc) is 2.96. The summed E-state index contributed by atoms with van der Waals surface area (Å²) in [5.74, 6) is 0.789. The first kappa shape index (κ1) is 13.5. The molecule has 0 unspecified atom stereocenters. The van der Waals surface area contributed by atoms with E-state index in [-0.39, 0.29) is 6.03 Å². The standard InChI is InChI=1S/C15H20N2O2/c1-19-14-9-5-4-8-13(14)11-17-15(18)16-10-12-6-2-3-7-12/h4-5,8-10H,2-3,6-7,11H2,1H3,(H2,16,17,18). The Morgan fingerprint density at radius 3 is 2.79 bits per heavy atom. The van der Waals surface area contributed by atoms with Crippen LogP contribution in [-0.2, 0) is 6.54 Å². The van der Waals surface area contributed by atoms with Gasteiger partial charge in [0.05, 0.1) is 7.11 Å². The van der Waals surface area contributed by atoms with E-state index in [9.17, 15) is 4.79 Å². The summed E-state index contributed by atoms with van der Waals surface area (Å²) >= 11 is 0. The number of benzene rings is 1. The number of allylic oxidation sites excluding steroid dienone is 1. The third kappa shape index (κ3) is 4.02. The van der Waals surface area contributed by atoms with Crippen molar-refractivity contribution < 1.29 is 9.53 Å². The number of amides is 2. The van der Waals surface area contributed by atoms with E-state index in [0.717, 1.165) is 24.2 Å². The molecule has 1 aliphatic carbocycles. The number of hydrogen-bond donors (Lipinski definition) is 2. The van der Waals surface area contributed by atoms with Crippen LogP contribution in [-0.4, -0.2) is 13.1 Å². The molecule has 1 aromatic carbocycles. The average molecular weight is 260 g/mol. The van der Waals surface area contributed by atoms with Crippen molar-refractivity contribution in [3.05, 3.63) is 41.6 Å². The van der Waals surface area contributed by atoms with Crippen molar-refractivity contribution in [2.75, 3.05) is 7.11 Å². The molecule has 1 fully saturated rings. The van der Waals surface area contributed by atoms with Gasteiger partial charge in [0.15, 0.2) is 0 Å². The third-order valence-electron chi connectivity index (χ3n) is 3.29. The lowest BCUT2D eigenvalue weighted by atomic mass is 10.2. The molecule has 4 heteroatoms. The van der Waals surface area contributed by atoms with Crippen LogP contribution in [0, 0.1) is 0 Å². The molecular weight excluding hydrogens is 240 g/mol. The van der Waals surface area contributed by atoms with Crippen LogP contribution in [0.3, 0.4) is 0 Å². The normalized spacial score (nSPS) is 14.1. The number of para-hydroxylation sites is 1. The predicted molar refractivity (Wildman–Crippen MR) is 74.9 cm³/mol. The maximum absolute atomic E-state index is 11.7. The van der Waals surface area contributed by atoms with Crippen molar-refractivity contribution in [1.29, 1.82) is 0 Å². The first-order valence-corrected chi connectivity index (χ1v) is 6.64. The molecule has 2 N–H and O–H groups in total. The van der Waals surface area contributed by atoms with Gasteiger partial charge in [0.25, 0.3) is 0 Å². The first-order chi connectivity index (χ1) is 9.29. The van der Waals surface area contributed by atoms with E-state index in [0.29, 0.717) is 6.54 Å². The Bertz CT molecular complexity index is 461. The molecule has 0 spiro atoms. The summed E-state index contributed by atoms with van der Waals surface area (Å²) in [4.78, 5) is 11.7. The smallest absolute Gasteiger partial charge is 0.319 e. The first-order valence-electron chi connectivity index (χ1n) is 6.64. The maximum atomic E-state index is 11.7. The van der Waals surface area contributed by atoms with Gasteiger partial charge in [-0.2, -0.15) is 0 Å². The fraction of sp³-hybridized carbons (Fsp3) is 0.400. The lowest BCUT2D eigenvalue weighted by molar-refractivity contribution is 0.243. The number of urea groups is 1. The van der Waals surface area contributed by atoms with Gasteiger partial charge in [-0.05, 0) is 31.7 Å². The van der Waals surface area contributed by atoms with Gasteiger partial charge in [-0.25, -0.2) is 4.79 Å². The van der Waals surface area contributed by atoms with E-state index >= 15 is 0 Å². The SMILES string of the molecule is COc1ccccc1CNC(=O)NC=C1CCCC1. The quantitative estimate of drug-likeness (QED) is 0.874. The second-order valence-electron chi connectivity index (χ2n) is 4.65. The van der Waals surface area contributed by atoms with Crippen LogP contribution < -0.4 is 15.4 Å². The van der Waals surface area contributed by atoms with Crippen LogP contribution in [0.1, 0.15) is 31.2 Å². The molecule has 1 aromatic rings. The number of carbonyl (C=O) groups is 1. The van der Waals surface area contributed by atoms with E-state index in [2.05, 4.69) is 10.6 Å². The van der Waals surface area contributed by atoms with Gasteiger partial charge in [0, 0.05) is 18.3 Å². The lowest BCUT2D eigenvalue weighted by Crippen LogP contribution is -2.31. The van der Waals surface area contributed by atoms with Crippen LogP contribution in [0.25, 0.3) is 0 Å². The Labute approximate surface area is 113 Å². The monoisotopic (exact) mass is 260 g/mol. The Balaban J connectivity index is 1.81. The van der Waals surface area contributed by atoms with Crippen molar-refractivity contribution in [3.8, 4) is 5.75 Å². The molecule has 0 atom stereocenters. The van der Waals surface area contributed by atoms with Crippen LogP contribution in [0.15, 0.2) is 36.0 Å². The van der Waals surface area contributed by atoms with E-state index in [1.165, 1.54) is 18.4 Å². The summed E-state index contributed by atoms with van der Waals surface area (Å²) in [6.45, 7) is 0.457. The number of nitrogens with one attached hydrogen (secondary N) is 2. The van der Waals surface area contributed by atoms with Gasteiger partial charge >= 0.3 is 6.03 Å². The molecule has 0 bridgehead atoms. The van der Waals surface area contributed by atoms with Gasteiger partial charge in [-0.3, -0.25) is 0 Å². The zero-order valence-electron chi connectivity index (χ0n) is 11.2. The second-order valence-corrected chi connectivity index (χ2v) is 4.65. The summed E-state index contributed by atoms with van der Waals surface area (Å²) in [6.07, 6.45) is 6.51. The Kier molecular flexibility index (Phi) is 4.84. The molecule has 102 valence electrons. The fourth-order valence-corrected chi connectivity index (χ4v) is 2.22. The molecule has 0 aliphatic heterocycles. The number of hydrogen-bond acceptors (Lipinski definition) is 2. The minimum absolute atomic E-state index is 0.176. The predicted octanol–water partition coefficient (Wildman–Crippen LogP) is 2.95. The van der Waals surface area contributed by atoms with Crippen molar-refractivity contribution in [2.45, 2.75) is 32.2 Å². The molecule has 2 amide bonds. The van der Waals surface area contributed by atoms with Gasteiger partial charge in [0.1, 0.15) is 5.75 Å². The Morgan fingerprint density at radius 1 is 1.32 bits per heavy atom. The van der Waals surface area contributed by atoms with Gasteiger partial charge in [-0.15, -0.1) is 0 Å². The number of methoxy groups -OCH3 is 1. The molecule has 19 heavy (non-hydrogen) atoms. The molecule has 2 rings (SSSR count). The summed E-state index contributed by atoms with van der Waals surface area (Å²) in [7, 11) is 1.63. The molecule has 0 saturated heterocycles. The summed E-state index contributed by atoms with van der Waals surface area (Å²) in [5.41, 5.74) is 2.29. The highest BCUT2D eigenvalue weighted by molar-refractivity contribution is 5.75. The largest absolute Gasteiger partial charge is 0.496 e. The summed E-state index contributed by atoms with van der Waals surface area (Å²) in [5, 5.41) is 5.60. The second kappa shape index (κ2) is 6.83. The lowest BCUT2D eigenvalue weighted by Gasteiger charge is -2.09. The Hall–Kier alpha value is -1.97. The highest BCUT2D eigenvalue weighted by Gasteiger charge is 2.07. The number of carbonyl (C=O) groups excluding carboxylic acids is 1. The van der Waals surface area contributed by atoms with Crippen molar-refractivity contribution in [3.63, 3.8) is 0 Å². The maximum Gasteiger partial charge on any atom is 0.319 e. The van der Waals surface area contributed by atoms with Crippen LogP contribution in [0.4, 0.5) is 4.79 Å². The molecule has 0 radical (unpaired) electrons. The minimum atomic E-state index is -0.176. The fourth-order valence-electron chi connectivity index (χ4n) is 2.22. The van der Waals surface area contributed by atoms with E-state index < -0.39 is 0 Å². The van der Waals surface area contributed by atoms with Crippen LogP contribution in [0.5, 0.6) is 5.75 Å². The van der Waals surface area contributed by atoms with Gasteiger partial charge in [-0.1, -0.05) is 23.8 Å². The van der Waals surface area contributed by atoms with Crippen LogP contribution >= 0.6 is 0 Å². The van der Waals surface area contributed by atoms with Crippen molar-refractivity contribution >= 4 is 6.03 Å². The number of ether oxygens (including phenoxy) is 1. The molecule has 0 aromatic heterocycles. The highest BCUT2D eigenvalue weighted by Crippen LogP contribution is 2.22. The molecule has 4 nitrogen and oxygen atoms in total. The van der Waals surface area contributed by atoms with E-state index in [1.54, 1.807) is 7.11 Å². The van der Waals surface area contributed by atoms with E-state index in [4.69, 9.17) is 4.74 Å². The zero-order chi connectivity index (χ0) is 13.5. The molecule has 0 heterocycles. The molecule has 1 saturated carbocycles. The van der Waals surface area contributed by atoms with E-state index in [1.807, 2.05) is 30.5 Å². The van der Waals surface area contributed by atoms with Gasteiger partial charge in [0.2, 0.25) is 0 Å². The van der Waals surface area contributed by atoms with Crippen molar-refractivity contribution in [2.24, 2.45) is 0 Å². The van der Waals surface area contributed by atoms with Crippen molar-refractivity contribution in [1.82, 2.24) is 10.6 Å². The molecule has 1 aliphatic rings. The zero-order valence-corrected chi connectivity index (χ0v) is 11.2. The topological polar surface area (TPSA) is 50.4 Å². The minimum Gasteiger partial charge on any atom is -0.496 e. The number of rotatable bonds is 4. The summed E-state index contributed by atoms with van der Waals surface area (Å²) < 4.78 is 5.24. The van der Waals surface area contributed by atoms with Crippen LogP contribution in [0.2, 0.25) is 0 Å². The highest BCUT2D eigenvalue weighted by atomic mass is 16.5. The van der Waals surface area contributed by atoms with Gasteiger partial charge < -0.3 is 15.4 Å². The Morgan fingerprint density at radius 2 is 2.05 bits per heavy atom.